The Balaban J connectivity index is 3.13. The van der Waals surface area contributed by atoms with E-state index in [2.05, 4.69) is 0 Å². The van der Waals surface area contributed by atoms with Gasteiger partial charge < -0.3 is 5.11 Å². The van der Waals surface area contributed by atoms with Crippen LogP contribution in [0.2, 0.25) is 0 Å². The quantitative estimate of drug-likeness (QED) is 0.683. The van der Waals surface area contributed by atoms with Gasteiger partial charge in [-0.05, 0) is 5.56 Å². The molecule has 2 amide bonds. The highest BCUT2D eigenvalue weighted by Crippen LogP contribution is 2.11. The van der Waals surface area contributed by atoms with Gasteiger partial charge in [0.25, 0.3) is 10.1 Å². The van der Waals surface area contributed by atoms with E-state index in [1.165, 1.54) is 6.92 Å². The number of carbonyl (C=O) groups excluding carboxylic acids is 2. The van der Waals surface area contributed by atoms with Gasteiger partial charge in [0, 0.05) is 6.42 Å². The molecule has 9 heteroatoms. The zero-order chi connectivity index (χ0) is 17.6. The fraction of sp³-hybridized carbons (Fsp3) is 0.357. The van der Waals surface area contributed by atoms with Crippen LogP contribution in [0.3, 0.4) is 0 Å². The minimum absolute atomic E-state index is 0.185. The Morgan fingerprint density at radius 1 is 1.13 bits per heavy atom. The van der Waals surface area contributed by atoms with Crippen molar-refractivity contribution >= 4 is 27.9 Å². The lowest BCUT2D eigenvalue weighted by Gasteiger charge is -2.26. The number of hydrogen-bond donors (Lipinski definition) is 2. The average molecular weight is 343 g/mol. The van der Waals surface area contributed by atoms with E-state index >= 15 is 0 Å². The van der Waals surface area contributed by atoms with E-state index in [0.29, 0.717) is 10.5 Å². The van der Waals surface area contributed by atoms with Crippen LogP contribution in [0.15, 0.2) is 30.3 Å². The monoisotopic (exact) mass is 343 g/mol. The highest BCUT2D eigenvalue weighted by Gasteiger charge is 2.36. The Hall–Kier alpha value is -2.26. The molecule has 1 atom stereocenters. The van der Waals surface area contributed by atoms with Crippen molar-refractivity contribution in [1.29, 1.82) is 0 Å². The molecule has 2 N–H and O–H groups in total. The molecule has 1 aromatic rings. The molecule has 23 heavy (non-hydrogen) atoms. The normalized spacial score (nSPS) is 12.4. The first-order valence-corrected chi connectivity index (χ1v) is 8.33. The number of carboxylic acid groups (broad SMARTS) is 1. The number of imide groups is 1. The van der Waals surface area contributed by atoms with Crippen LogP contribution in [0.5, 0.6) is 0 Å². The second-order valence-corrected chi connectivity index (χ2v) is 6.27. The van der Waals surface area contributed by atoms with Crippen molar-refractivity contribution in [2.45, 2.75) is 25.8 Å². The molecule has 0 aromatic heterocycles. The third-order valence-electron chi connectivity index (χ3n) is 3.00. The van der Waals surface area contributed by atoms with Crippen LogP contribution in [0.4, 0.5) is 0 Å². The van der Waals surface area contributed by atoms with Gasteiger partial charge in [-0.15, -0.1) is 0 Å². The van der Waals surface area contributed by atoms with Crippen molar-refractivity contribution in [3.63, 3.8) is 0 Å². The summed E-state index contributed by atoms with van der Waals surface area (Å²) in [5.74, 6) is -4.62. The van der Waals surface area contributed by atoms with Gasteiger partial charge in [0.1, 0.15) is 5.75 Å². The number of benzene rings is 1. The smallest absolute Gasteiger partial charge is 0.328 e. The third kappa shape index (κ3) is 5.80. The zero-order valence-electron chi connectivity index (χ0n) is 12.4. The lowest BCUT2D eigenvalue weighted by atomic mass is 10.1. The number of carboxylic acids is 1. The number of hydrogen-bond acceptors (Lipinski definition) is 5. The SMILES string of the molecule is CCC(=O)N(C(=O)Cc1ccccc1)[C@@H](CS(=O)(=O)O)C(=O)O. The van der Waals surface area contributed by atoms with E-state index in [0.717, 1.165) is 0 Å². The van der Waals surface area contributed by atoms with Gasteiger partial charge in [0.15, 0.2) is 6.04 Å². The molecule has 8 nitrogen and oxygen atoms in total. The molecule has 0 fully saturated rings. The van der Waals surface area contributed by atoms with Crippen molar-refractivity contribution < 1.29 is 32.5 Å². The van der Waals surface area contributed by atoms with Gasteiger partial charge in [-0.1, -0.05) is 37.3 Å². The summed E-state index contributed by atoms with van der Waals surface area (Å²) in [6.45, 7) is 1.41. The maximum absolute atomic E-state index is 12.3. The van der Waals surface area contributed by atoms with Crippen LogP contribution in [0.25, 0.3) is 0 Å². The predicted molar refractivity (Wildman–Crippen MR) is 80.1 cm³/mol. The van der Waals surface area contributed by atoms with E-state index in [1.807, 2.05) is 0 Å². The Morgan fingerprint density at radius 2 is 1.70 bits per heavy atom. The van der Waals surface area contributed by atoms with Crippen molar-refractivity contribution in [1.82, 2.24) is 4.90 Å². The summed E-state index contributed by atoms with van der Waals surface area (Å²) in [7, 11) is -4.69. The Labute approximate surface area is 133 Å². The topological polar surface area (TPSA) is 129 Å². The highest BCUT2D eigenvalue weighted by atomic mass is 32.2. The number of rotatable bonds is 7. The van der Waals surface area contributed by atoms with Crippen molar-refractivity contribution in [3.05, 3.63) is 35.9 Å². The first-order valence-electron chi connectivity index (χ1n) is 6.72. The van der Waals surface area contributed by atoms with Gasteiger partial charge in [-0.25, -0.2) is 4.79 Å². The minimum atomic E-state index is -4.69. The third-order valence-corrected chi connectivity index (χ3v) is 3.74. The molecular formula is C14H17NO7S. The van der Waals surface area contributed by atoms with Crippen molar-refractivity contribution in [3.8, 4) is 0 Å². The second-order valence-electron chi connectivity index (χ2n) is 4.78. The standard InChI is InChI=1S/C14H17NO7S/c1-2-12(16)15(11(14(18)19)9-23(20,21)22)13(17)8-10-6-4-3-5-7-10/h3-7,11H,2,8-9H2,1H3,(H,18,19)(H,20,21,22)/t11-/m0/s1. The van der Waals surface area contributed by atoms with Gasteiger partial charge in [0.2, 0.25) is 11.8 Å². The van der Waals surface area contributed by atoms with E-state index in [-0.39, 0.29) is 12.8 Å². The largest absolute Gasteiger partial charge is 0.480 e. The molecule has 0 aliphatic heterocycles. The lowest BCUT2D eigenvalue weighted by Crippen LogP contribution is -2.52. The van der Waals surface area contributed by atoms with E-state index < -0.39 is 39.7 Å². The summed E-state index contributed by atoms with van der Waals surface area (Å²) in [4.78, 5) is 35.9. The summed E-state index contributed by atoms with van der Waals surface area (Å²) in [6.07, 6.45) is -0.447. The molecule has 0 aliphatic carbocycles. The number of amides is 2. The minimum Gasteiger partial charge on any atom is -0.480 e. The summed E-state index contributed by atoms with van der Waals surface area (Å²) >= 11 is 0. The first kappa shape index (κ1) is 18.8. The average Bonchev–Trinajstić information content (AvgIpc) is 2.45. The van der Waals surface area contributed by atoms with Crippen LogP contribution in [-0.4, -0.2) is 52.6 Å². The van der Waals surface area contributed by atoms with E-state index in [4.69, 9.17) is 9.66 Å². The second kappa shape index (κ2) is 7.84. The molecule has 0 aliphatic rings. The van der Waals surface area contributed by atoms with Crippen LogP contribution in [0, 0.1) is 0 Å². The van der Waals surface area contributed by atoms with Gasteiger partial charge in [0.05, 0.1) is 6.42 Å². The molecule has 0 spiro atoms. The van der Waals surface area contributed by atoms with Gasteiger partial charge >= 0.3 is 5.97 Å². The molecule has 126 valence electrons. The number of aliphatic carboxylic acids is 1. The fourth-order valence-electron chi connectivity index (χ4n) is 1.97. The molecule has 0 unspecified atom stereocenters. The Bertz CT molecular complexity index is 684. The number of carbonyl (C=O) groups is 3. The summed E-state index contributed by atoms with van der Waals surface area (Å²) in [5, 5.41) is 9.14. The summed E-state index contributed by atoms with van der Waals surface area (Å²) < 4.78 is 30.8. The van der Waals surface area contributed by atoms with E-state index in [1.54, 1.807) is 30.3 Å². The van der Waals surface area contributed by atoms with Crippen LogP contribution >= 0.6 is 0 Å². The lowest BCUT2D eigenvalue weighted by molar-refractivity contribution is -0.156. The molecule has 0 saturated carbocycles. The molecule has 1 rings (SSSR count). The van der Waals surface area contributed by atoms with Crippen LogP contribution in [0.1, 0.15) is 18.9 Å². The molecular weight excluding hydrogens is 326 g/mol. The molecule has 0 bridgehead atoms. The first-order chi connectivity index (χ1) is 10.7. The Morgan fingerprint density at radius 3 is 2.13 bits per heavy atom. The summed E-state index contributed by atoms with van der Waals surface area (Å²) in [5.41, 5.74) is 0.544. The maximum Gasteiger partial charge on any atom is 0.328 e. The predicted octanol–water partition coefficient (Wildman–Crippen LogP) is 0.335. The molecule has 0 heterocycles. The van der Waals surface area contributed by atoms with Gasteiger partial charge in [-0.2, -0.15) is 8.42 Å². The van der Waals surface area contributed by atoms with Crippen molar-refractivity contribution in [2.24, 2.45) is 0 Å². The number of nitrogens with zero attached hydrogens (tertiary/aromatic N) is 1. The highest BCUT2D eigenvalue weighted by molar-refractivity contribution is 7.85. The molecule has 0 radical (unpaired) electrons. The molecule has 1 aromatic carbocycles. The maximum atomic E-state index is 12.3. The van der Waals surface area contributed by atoms with Crippen molar-refractivity contribution in [2.75, 3.05) is 5.75 Å². The van der Waals surface area contributed by atoms with Gasteiger partial charge in [-0.3, -0.25) is 19.0 Å². The zero-order valence-corrected chi connectivity index (χ0v) is 13.2. The van der Waals surface area contributed by atoms with Crippen LogP contribution in [-0.2, 0) is 30.9 Å². The fourth-order valence-corrected chi connectivity index (χ4v) is 2.66. The van der Waals surface area contributed by atoms with E-state index in [9.17, 15) is 22.8 Å². The molecule has 0 saturated heterocycles. The Kier molecular flexibility index (Phi) is 6.40. The summed E-state index contributed by atoms with van der Waals surface area (Å²) in [6, 6.07) is 6.31. The van der Waals surface area contributed by atoms with Crippen LogP contribution < -0.4 is 0 Å².